The number of anilines is 1. The maximum atomic E-state index is 13.3. The predicted octanol–water partition coefficient (Wildman–Crippen LogP) is 3.82. The van der Waals surface area contributed by atoms with Crippen LogP contribution in [-0.4, -0.2) is 109 Å². The Balaban J connectivity index is 1.12. The topological polar surface area (TPSA) is 158 Å². The highest BCUT2D eigenvalue weighted by molar-refractivity contribution is 6.34. The molecule has 0 spiro atoms. The van der Waals surface area contributed by atoms with E-state index in [4.69, 9.17) is 16.3 Å². The van der Waals surface area contributed by atoms with Gasteiger partial charge >= 0.3 is 18.3 Å². The van der Waals surface area contributed by atoms with Crippen molar-refractivity contribution in [2.24, 2.45) is 7.05 Å². The SMILES string of the molecule is Cn1c(-c2cn[nH]c2C(F)(F)F)cnc1C(=O)Nc1ccc(C(=O)N2CCN(C(=O)NC3CN(C(=O)OC(C)(C)C)C3)CC2)c(Cl)c1. The number of carbonyl (C=O) groups excluding carboxylic acids is 4. The molecule has 2 aromatic heterocycles. The second-order valence-electron chi connectivity index (χ2n) is 12.1. The van der Waals surface area contributed by atoms with Crippen LogP contribution >= 0.6 is 11.6 Å². The van der Waals surface area contributed by atoms with Crippen molar-refractivity contribution >= 4 is 41.2 Å². The molecule has 1 aromatic carbocycles. The summed E-state index contributed by atoms with van der Waals surface area (Å²) in [6.07, 6.45) is -2.96. The fourth-order valence-corrected chi connectivity index (χ4v) is 5.38. The van der Waals surface area contributed by atoms with Gasteiger partial charge in [-0.3, -0.25) is 14.7 Å². The Morgan fingerprint density at radius 3 is 2.28 bits per heavy atom. The van der Waals surface area contributed by atoms with Gasteiger partial charge in [-0.15, -0.1) is 0 Å². The number of benzene rings is 1. The lowest BCUT2D eigenvalue weighted by molar-refractivity contribution is -0.140. The minimum Gasteiger partial charge on any atom is -0.444 e. The highest BCUT2D eigenvalue weighted by atomic mass is 35.5. The third-order valence-electron chi connectivity index (χ3n) is 7.56. The van der Waals surface area contributed by atoms with Crippen LogP contribution in [0.1, 0.15) is 47.4 Å². The van der Waals surface area contributed by atoms with Gasteiger partial charge in [0, 0.05) is 52.0 Å². The van der Waals surface area contributed by atoms with Crippen LogP contribution in [-0.2, 0) is 18.0 Å². The summed E-state index contributed by atoms with van der Waals surface area (Å²) in [6, 6.07) is 3.84. The maximum Gasteiger partial charge on any atom is 0.433 e. The van der Waals surface area contributed by atoms with Crippen LogP contribution in [0.5, 0.6) is 0 Å². The molecule has 5 rings (SSSR count). The molecule has 0 saturated carbocycles. The van der Waals surface area contributed by atoms with Crippen LogP contribution in [0.25, 0.3) is 11.3 Å². The second-order valence-corrected chi connectivity index (χ2v) is 12.5. The molecule has 3 N–H and O–H groups in total. The van der Waals surface area contributed by atoms with Gasteiger partial charge in [0.2, 0.25) is 0 Å². The van der Waals surface area contributed by atoms with E-state index in [9.17, 15) is 32.3 Å². The molecule has 4 heterocycles. The molecule has 0 bridgehead atoms. The molecule has 14 nitrogen and oxygen atoms in total. The Morgan fingerprint density at radius 1 is 1.00 bits per heavy atom. The molecule has 47 heavy (non-hydrogen) atoms. The van der Waals surface area contributed by atoms with Crippen LogP contribution in [0.2, 0.25) is 5.02 Å². The molecule has 2 aliphatic rings. The number of amides is 5. The Bertz CT molecular complexity index is 1690. The van der Waals surface area contributed by atoms with Crippen molar-refractivity contribution in [1.29, 1.82) is 0 Å². The highest BCUT2D eigenvalue weighted by Gasteiger charge is 2.38. The molecule has 2 fully saturated rings. The number of rotatable bonds is 5. The summed E-state index contributed by atoms with van der Waals surface area (Å²) in [6.45, 7) is 7.17. The summed E-state index contributed by atoms with van der Waals surface area (Å²) < 4.78 is 46.5. The van der Waals surface area contributed by atoms with Gasteiger partial charge in [-0.25, -0.2) is 14.6 Å². The van der Waals surface area contributed by atoms with Crippen LogP contribution < -0.4 is 10.6 Å². The summed E-state index contributed by atoms with van der Waals surface area (Å²) in [4.78, 5) is 59.7. The average Bonchev–Trinajstić information content (AvgIpc) is 3.60. The number of likely N-dealkylation sites (tertiary alicyclic amines) is 1. The first-order valence-electron chi connectivity index (χ1n) is 14.6. The fourth-order valence-electron chi connectivity index (χ4n) is 5.11. The number of urea groups is 1. The van der Waals surface area contributed by atoms with Crippen LogP contribution in [0, 0.1) is 0 Å². The molecule has 2 aliphatic heterocycles. The quantitative estimate of drug-likeness (QED) is 0.370. The van der Waals surface area contributed by atoms with Gasteiger partial charge in [-0.1, -0.05) is 11.6 Å². The average molecular weight is 680 g/mol. The van der Waals surface area contributed by atoms with Gasteiger partial charge in [0.05, 0.1) is 40.3 Å². The van der Waals surface area contributed by atoms with E-state index >= 15 is 0 Å². The lowest BCUT2D eigenvalue weighted by Crippen LogP contribution is -2.64. The van der Waals surface area contributed by atoms with E-state index in [-0.39, 0.29) is 64.4 Å². The van der Waals surface area contributed by atoms with E-state index in [1.54, 1.807) is 30.6 Å². The third-order valence-corrected chi connectivity index (χ3v) is 7.88. The second kappa shape index (κ2) is 12.8. The number of nitrogens with one attached hydrogen (secondary N) is 3. The summed E-state index contributed by atoms with van der Waals surface area (Å²) >= 11 is 6.42. The number of H-pyrrole nitrogens is 1. The first-order valence-corrected chi connectivity index (χ1v) is 15.0. The highest BCUT2D eigenvalue weighted by Crippen LogP contribution is 2.35. The van der Waals surface area contributed by atoms with Crippen molar-refractivity contribution in [2.45, 2.75) is 38.6 Å². The number of imidazole rings is 1. The smallest absolute Gasteiger partial charge is 0.433 e. The number of halogens is 4. The number of hydrogen-bond acceptors (Lipinski definition) is 7. The molecular formula is C29H33ClF3N9O5. The standard InChI is InChI=1S/C29H33ClF3N9O5/c1-28(2,3)47-27(46)42-14-17(15-42)37-26(45)41-9-7-40(8-10-41)25(44)18-6-5-16(11-20(18)30)36-24(43)23-34-13-21(39(23)4)19-12-35-38-22(19)29(31,32)33/h5-6,11-13,17H,7-10,14-15H2,1-4H3,(H,35,38)(H,36,43)(H,37,45). The molecule has 0 unspecified atom stereocenters. The monoisotopic (exact) mass is 679 g/mol. The number of nitrogens with zero attached hydrogens (tertiary/aromatic N) is 6. The fraction of sp³-hybridized carbons (Fsp3) is 0.448. The van der Waals surface area contributed by atoms with Gasteiger partial charge in [-0.05, 0) is 39.0 Å². The van der Waals surface area contributed by atoms with E-state index in [1.165, 1.54) is 34.7 Å². The van der Waals surface area contributed by atoms with Gasteiger partial charge in [0.15, 0.2) is 5.82 Å². The minimum absolute atomic E-state index is 0.0284. The number of carbonyl (C=O) groups is 4. The minimum atomic E-state index is -4.68. The summed E-state index contributed by atoms with van der Waals surface area (Å²) in [5, 5.41) is 11.0. The Labute approximate surface area is 272 Å². The Morgan fingerprint density at radius 2 is 1.66 bits per heavy atom. The van der Waals surface area contributed by atoms with Crippen LogP contribution in [0.15, 0.2) is 30.6 Å². The van der Waals surface area contributed by atoms with E-state index in [2.05, 4.69) is 20.7 Å². The van der Waals surface area contributed by atoms with Crippen molar-refractivity contribution < 1.29 is 37.1 Å². The summed E-state index contributed by atoms with van der Waals surface area (Å²) in [5.41, 5.74) is -1.47. The van der Waals surface area contributed by atoms with Gasteiger partial charge in [0.25, 0.3) is 11.8 Å². The zero-order chi connectivity index (χ0) is 34.3. The summed E-state index contributed by atoms with van der Waals surface area (Å²) in [7, 11) is 1.40. The number of aromatic amines is 1. The van der Waals surface area contributed by atoms with Crippen molar-refractivity contribution in [2.75, 3.05) is 44.6 Å². The Hall–Kier alpha value is -4.80. The van der Waals surface area contributed by atoms with E-state index in [0.29, 0.717) is 26.2 Å². The van der Waals surface area contributed by atoms with Gasteiger partial charge in [0.1, 0.15) is 11.3 Å². The van der Waals surface area contributed by atoms with E-state index in [0.717, 1.165) is 12.4 Å². The van der Waals surface area contributed by atoms with Crippen LogP contribution in [0.4, 0.5) is 28.4 Å². The molecule has 0 aliphatic carbocycles. The van der Waals surface area contributed by atoms with E-state index < -0.39 is 29.5 Å². The lowest BCUT2D eigenvalue weighted by atomic mass is 10.1. The lowest BCUT2D eigenvalue weighted by Gasteiger charge is -2.41. The largest absolute Gasteiger partial charge is 0.444 e. The zero-order valence-corrected chi connectivity index (χ0v) is 26.7. The Kier molecular flexibility index (Phi) is 9.12. The molecule has 18 heteroatoms. The molecule has 2 saturated heterocycles. The zero-order valence-electron chi connectivity index (χ0n) is 25.9. The third kappa shape index (κ3) is 7.45. The van der Waals surface area contributed by atoms with Gasteiger partial charge < -0.3 is 34.6 Å². The molecule has 0 atom stereocenters. The molecule has 252 valence electrons. The number of piperazine rings is 1. The maximum absolute atomic E-state index is 13.3. The van der Waals surface area contributed by atoms with Crippen molar-refractivity contribution in [3.05, 3.63) is 52.7 Å². The van der Waals surface area contributed by atoms with E-state index in [1.807, 2.05) is 5.10 Å². The molecule has 5 amide bonds. The number of hydrogen-bond donors (Lipinski definition) is 3. The number of aromatic nitrogens is 4. The van der Waals surface area contributed by atoms with Gasteiger partial charge in [-0.2, -0.15) is 18.3 Å². The number of alkyl halides is 3. The van der Waals surface area contributed by atoms with Crippen molar-refractivity contribution in [3.63, 3.8) is 0 Å². The first-order chi connectivity index (χ1) is 22.0. The normalized spacial score (nSPS) is 15.7. The molecular weight excluding hydrogens is 647 g/mol. The van der Waals surface area contributed by atoms with Crippen LogP contribution in [0.3, 0.4) is 0 Å². The molecule has 3 aromatic rings. The number of ether oxygens (including phenoxy) is 1. The molecule has 0 radical (unpaired) electrons. The predicted molar refractivity (Wildman–Crippen MR) is 163 cm³/mol. The summed E-state index contributed by atoms with van der Waals surface area (Å²) in [5.74, 6) is -1.22. The van der Waals surface area contributed by atoms with Crippen molar-refractivity contribution in [3.8, 4) is 11.3 Å². The first kappa shape index (κ1) is 33.6. The van der Waals surface area contributed by atoms with Crippen molar-refractivity contribution in [1.82, 2.24) is 39.8 Å².